The molecule has 1 aliphatic heterocycles. The highest BCUT2D eigenvalue weighted by molar-refractivity contribution is 5.88. The van der Waals surface area contributed by atoms with Crippen molar-refractivity contribution in [1.29, 1.82) is 0 Å². The van der Waals surface area contributed by atoms with Gasteiger partial charge in [0.05, 0.1) is 13.2 Å². The molecule has 2 aromatic rings. The van der Waals surface area contributed by atoms with Gasteiger partial charge in [0.1, 0.15) is 5.75 Å². The molecule has 0 saturated carbocycles. The molecule has 1 amide bonds. The average Bonchev–Trinajstić information content (AvgIpc) is 2.67. The number of fused-ring (bicyclic) bond motifs is 1. The predicted octanol–water partition coefficient (Wildman–Crippen LogP) is 2.36. The van der Waals surface area contributed by atoms with Crippen molar-refractivity contribution >= 4 is 16.7 Å². The van der Waals surface area contributed by atoms with Crippen LogP contribution in [0, 0.1) is 0 Å². The molecule has 0 bridgehead atoms. The van der Waals surface area contributed by atoms with Crippen LogP contribution in [0.25, 0.3) is 10.8 Å². The van der Waals surface area contributed by atoms with Crippen LogP contribution in [0.1, 0.15) is 13.3 Å². The lowest BCUT2D eigenvalue weighted by atomic mass is 10.1. The maximum atomic E-state index is 11.6. The third-order valence-electron chi connectivity index (χ3n) is 4.83. The Morgan fingerprint density at radius 2 is 1.77 bits per heavy atom. The van der Waals surface area contributed by atoms with Crippen LogP contribution in [0.2, 0.25) is 0 Å². The van der Waals surface area contributed by atoms with E-state index in [1.165, 1.54) is 10.8 Å². The van der Waals surface area contributed by atoms with Crippen molar-refractivity contribution in [3.8, 4) is 5.75 Å². The summed E-state index contributed by atoms with van der Waals surface area (Å²) in [6.45, 7) is 8.91. The highest BCUT2D eigenvalue weighted by Crippen LogP contribution is 2.25. The average molecular weight is 355 g/mol. The summed E-state index contributed by atoms with van der Waals surface area (Å²) in [5.41, 5.74) is 0. The first-order valence-corrected chi connectivity index (χ1v) is 9.58. The standard InChI is InChI=1S/C21H29N3O2/c1-2-22-21(25)17-24-14-12-23(13-15-24)11-6-16-26-20-10-5-8-18-7-3-4-9-19(18)20/h3-5,7-10H,2,6,11-17H2,1H3,(H,22,25). The Bertz CT molecular complexity index is 706. The second-order valence-corrected chi connectivity index (χ2v) is 6.75. The molecule has 1 fully saturated rings. The molecule has 1 N–H and O–H groups in total. The van der Waals surface area contributed by atoms with Gasteiger partial charge in [0.25, 0.3) is 0 Å². The van der Waals surface area contributed by atoms with Crippen LogP contribution in [0.15, 0.2) is 42.5 Å². The molecule has 26 heavy (non-hydrogen) atoms. The fourth-order valence-corrected chi connectivity index (χ4v) is 3.42. The maximum absolute atomic E-state index is 11.6. The first kappa shape index (κ1) is 18.7. The van der Waals surface area contributed by atoms with E-state index in [2.05, 4.69) is 45.4 Å². The van der Waals surface area contributed by atoms with Gasteiger partial charge in [-0.1, -0.05) is 36.4 Å². The molecule has 0 spiro atoms. The van der Waals surface area contributed by atoms with E-state index in [-0.39, 0.29) is 5.91 Å². The third kappa shape index (κ3) is 5.19. The summed E-state index contributed by atoms with van der Waals surface area (Å²) in [6, 6.07) is 14.5. The number of piperazine rings is 1. The molecule has 1 aliphatic rings. The fraction of sp³-hybridized carbons (Fsp3) is 0.476. The van der Waals surface area contributed by atoms with Crippen molar-refractivity contribution in [2.75, 3.05) is 52.4 Å². The molecule has 0 radical (unpaired) electrons. The van der Waals surface area contributed by atoms with E-state index in [0.717, 1.165) is 51.5 Å². The van der Waals surface area contributed by atoms with Crippen molar-refractivity contribution in [2.24, 2.45) is 0 Å². The van der Waals surface area contributed by atoms with Crippen molar-refractivity contribution in [3.63, 3.8) is 0 Å². The monoisotopic (exact) mass is 355 g/mol. The zero-order valence-electron chi connectivity index (χ0n) is 15.6. The van der Waals surface area contributed by atoms with Crippen molar-refractivity contribution in [2.45, 2.75) is 13.3 Å². The second kappa shape index (κ2) is 9.55. The highest BCUT2D eigenvalue weighted by Gasteiger charge is 2.18. The molecule has 2 aromatic carbocycles. The highest BCUT2D eigenvalue weighted by atomic mass is 16.5. The van der Waals surface area contributed by atoms with Crippen LogP contribution in [0.5, 0.6) is 5.75 Å². The molecular formula is C21H29N3O2. The molecule has 3 rings (SSSR count). The number of carbonyl (C=O) groups excluding carboxylic acids is 1. The Hall–Kier alpha value is -2.11. The Kier molecular flexibility index (Phi) is 6.86. The van der Waals surface area contributed by atoms with Gasteiger partial charge in [0, 0.05) is 44.7 Å². The summed E-state index contributed by atoms with van der Waals surface area (Å²) in [7, 11) is 0. The Morgan fingerprint density at radius 1 is 1.04 bits per heavy atom. The lowest BCUT2D eigenvalue weighted by molar-refractivity contribution is -0.122. The van der Waals surface area contributed by atoms with Gasteiger partial charge in [0.2, 0.25) is 5.91 Å². The van der Waals surface area contributed by atoms with Gasteiger partial charge in [-0.3, -0.25) is 9.69 Å². The minimum absolute atomic E-state index is 0.129. The van der Waals surface area contributed by atoms with Crippen molar-refractivity contribution in [1.82, 2.24) is 15.1 Å². The van der Waals surface area contributed by atoms with Crippen LogP contribution in [-0.4, -0.2) is 68.1 Å². The van der Waals surface area contributed by atoms with Gasteiger partial charge < -0.3 is 15.0 Å². The van der Waals surface area contributed by atoms with E-state index in [4.69, 9.17) is 4.74 Å². The smallest absolute Gasteiger partial charge is 0.234 e. The second-order valence-electron chi connectivity index (χ2n) is 6.75. The molecular weight excluding hydrogens is 326 g/mol. The molecule has 5 nitrogen and oxygen atoms in total. The minimum atomic E-state index is 0.129. The van der Waals surface area contributed by atoms with Crippen molar-refractivity contribution < 1.29 is 9.53 Å². The van der Waals surface area contributed by atoms with E-state index in [1.807, 2.05) is 19.1 Å². The van der Waals surface area contributed by atoms with Gasteiger partial charge in [-0.15, -0.1) is 0 Å². The summed E-state index contributed by atoms with van der Waals surface area (Å²) in [4.78, 5) is 16.3. The third-order valence-corrected chi connectivity index (χ3v) is 4.83. The first-order chi connectivity index (χ1) is 12.8. The van der Waals surface area contributed by atoms with Crippen LogP contribution in [0.4, 0.5) is 0 Å². The zero-order chi connectivity index (χ0) is 18.2. The molecule has 0 aromatic heterocycles. The fourth-order valence-electron chi connectivity index (χ4n) is 3.42. The van der Waals surface area contributed by atoms with Gasteiger partial charge >= 0.3 is 0 Å². The number of likely N-dealkylation sites (N-methyl/N-ethyl adjacent to an activating group) is 1. The van der Waals surface area contributed by atoms with E-state index in [9.17, 15) is 4.79 Å². The summed E-state index contributed by atoms with van der Waals surface area (Å²) in [5.74, 6) is 1.10. The van der Waals surface area contributed by atoms with Gasteiger partial charge in [-0.25, -0.2) is 0 Å². The van der Waals surface area contributed by atoms with Crippen molar-refractivity contribution in [3.05, 3.63) is 42.5 Å². The number of amides is 1. The van der Waals surface area contributed by atoms with E-state index in [0.29, 0.717) is 13.1 Å². The predicted molar refractivity (Wildman–Crippen MR) is 106 cm³/mol. The first-order valence-electron chi connectivity index (χ1n) is 9.58. The number of nitrogens with zero attached hydrogens (tertiary/aromatic N) is 2. The molecule has 5 heteroatoms. The summed E-state index contributed by atoms with van der Waals surface area (Å²) in [5, 5.41) is 5.25. The number of hydrogen-bond acceptors (Lipinski definition) is 4. The zero-order valence-corrected chi connectivity index (χ0v) is 15.6. The van der Waals surface area contributed by atoms with Crippen LogP contribution >= 0.6 is 0 Å². The minimum Gasteiger partial charge on any atom is -0.493 e. The number of benzene rings is 2. The molecule has 0 atom stereocenters. The molecule has 0 aliphatic carbocycles. The van der Waals surface area contributed by atoms with Crippen LogP contribution < -0.4 is 10.1 Å². The maximum Gasteiger partial charge on any atom is 0.234 e. The normalized spacial score (nSPS) is 15.9. The Labute approximate surface area is 155 Å². The number of rotatable bonds is 8. The van der Waals surface area contributed by atoms with Crippen LogP contribution in [0.3, 0.4) is 0 Å². The number of carbonyl (C=O) groups is 1. The van der Waals surface area contributed by atoms with Gasteiger partial charge in [-0.05, 0) is 24.8 Å². The topological polar surface area (TPSA) is 44.8 Å². The molecule has 0 unspecified atom stereocenters. The number of hydrogen-bond donors (Lipinski definition) is 1. The summed E-state index contributed by atoms with van der Waals surface area (Å²) >= 11 is 0. The SMILES string of the molecule is CCNC(=O)CN1CCN(CCCOc2cccc3ccccc23)CC1. The lowest BCUT2D eigenvalue weighted by Crippen LogP contribution is -2.49. The number of ether oxygens (including phenoxy) is 1. The van der Waals surface area contributed by atoms with E-state index < -0.39 is 0 Å². The van der Waals surface area contributed by atoms with Crippen LogP contribution in [-0.2, 0) is 4.79 Å². The van der Waals surface area contributed by atoms with E-state index >= 15 is 0 Å². The molecule has 1 heterocycles. The van der Waals surface area contributed by atoms with Gasteiger partial charge in [0.15, 0.2) is 0 Å². The molecule has 1 saturated heterocycles. The summed E-state index contributed by atoms with van der Waals surface area (Å²) in [6.07, 6.45) is 1.01. The number of nitrogens with one attached hydrogen (secondary N) is 1. The van der Waals surface area contributed by atoms with Gasteiger partial charge in [-0.2, -0.15) is 0 Å². The molecule has 140 valence electrons. The lowest BCUT2D eigenvalue weighted by Gasteiger charge is -2.34. The Balaban J connectivity index is 1.36. The summed E-state index contributed by atoms with van der Waals surface area (Å²) < 4.78 is 6.02. The Morgan fingerprint density at radius 3 is 2.58 bits per heavy atom. The largest absolute Gasteiger partial charge is 0.493 e. The quantitative estimate of drug-likeness (QED) is 0.739. The van der Waals surface area contributed by atoms with E-state index in [1.54, 1.807) is 0 Å².